The van der Waals surface area contributed by atoms with Crippen LogP contribution in [0.1, 0.15) is 55.5 Å². The van der Waals surface area contributed by atoms with Gasteiger partial charge in [0.2, 0.25) is 5.91 Å². The summed E-state index contributed by atoms with van der Waals surface area (Å²) in [7, 11) is 0. The predicted octanol–water partition coefficient (Wildman–Crippen LogP) is 3.62. The molecule has 2 heterocycles. The van der Waals surface area contributed by atoms with Crippen molar-refractivity contribution in [2.75, 3.05) is 25.0 Å². The van der Waals surface area contributed by atoms with E-state index < -0.39 is 0 Å². The fourth-order valence-electron chi connectivity index (χ4n) is 4.11. The van der Waals surface area contributed by atoms with Gasteiger partial charge in [-0.15, -0.1) is 0 Å². The molecule has 2 amide bonds. The molecule has 1 N–H and O–H groups in total. The zero-order chi connectivity index (χ0) is 18.7. The molecule has 0 saturated carbocycles. The van der Waals surface area contributed by atoms with E-state index in [9.17, 15) is 9.59 Å². The number of likely N-dealkylation sites (tertiary alicyclic amines) is 1. The van der Waals surface area contributed by atoms with Crippen molar-refractivity contribution in [2.45, 2.75) is 52.6 Å². The third-order valence-corrected chi connectivity index (χ3v) is 5.35. The van der Waals surface area contributed by atoms with Crippen molar-refractivity contribution < 1.29 is 14.3 Å². The first-order valence-corrected chi connectivity index (χ1v) is 9.73. The smallest absolute Gasteiger partial charge is 0.253 e. The summed E-state index contributed by atoms with van der Waals surface area (Å²) < 4.78 is 5.53. The molecule has 1 aromatic rings. The molecule has 0 aliphatic carbocycles. The van der Waals surface area contributed by atoms with Crippen LogP contribution in [0.3, 0.4) is 0 Å². The zero-order valence-electron chi connectivity index (χ0n) is 16.1. The van der Waals surface area contributed by atoms with E-state index >= 15 is 0 Å². The molecule has 2 aliphatic heterocycles. The number of piperidine rings is 1. The van der Waals surface area contributed by atoms with Gasteiger partial charge in [0.05, 0.1) is 12.5 Å². The van der Waals surface area contributed by atoms with E-state index in [2.05, 4.69) is 19.2 Å². The topological polar surface area (TPSA) is 58.6 Å². The van der Waals surface area contributed by atoms with Crippen LogP contribution in [0.2, 0.25) is 0 Å². The van der Waals surface area contributed by atoms with Crippen molar-refractivity contribution in [1.82, 2.24) is 4.90 Å². The van der Waals surface area contributed by atoms with Crippen LogP contribution in [0.4, 0.5) is 5.69 Å². The van der Waals surface area contributed by atoms with E-state index in [4.69, 9.17) is 4.74 Å². The quantitative estimate of drug-likeness (QED) is 0.894. The number of rotatable bonds is 4. The molecule has 0 spiro atoms. The van der Waals surface area contributed by atoms with Gasteiger partial charge in [0.25, 0.3) is 5.91 Å². The molecule has 0 unspecified atom stereocenters. The molecule has 2 saturated heterocycles. The van der Waals surface area contributed by atoms with Crippen LogP contribution in [0.5, 0.6) is 0 Å². The number of aryl methyl sites for hydroxylation is 1. The fraction of sp³-hybridized carbons (Fsp3) is 0.619. The van der Waals surface area contributed by atoms with Gasteiger partial charge in [0.1, 0.15) is 0 Å². The van der Waals surface area contributed by atoms with Crippen molar-refractivity contribution in [3.8, 4) is 0 Å². The number of nitrogens with zero attached hydrogens (tertiary/aromatic N) is 1. The zero-order valence-corrected chi connectivity index (χ0v) is 16.1. The molecule has 26 heavy (non-hydrogen) atoms. The second-order valence-electron chi connectivity index (χ2n) is 8.07. The Morgan fingerprint density at radius 3 is 2.62 bits per heavy atom. The van der Waals surface area contributed by atoms with E-state index in [0.717, 1.165) is 43.8 Å². The molecule has 5 nitrogen and oxygen atoms in total. The molecular formula is C21H30N2O3. The second-order valence-corrected chi connectivity index (χ2v) is 8.07. The normalized spacial score (nSPS) is 26.0. The van der Waals surface area contributed by atoms with Gasteiger partial charge in [-0.25, -0.2) is 0 Å². The van der Waals surface area contributed by atoms with Crippen LogP contribution in [0.25, 0.3) is 0 Å². The average Bonchev–Trinajstić information content (AvgIpc) is 3.08. The molecule has 142 valence electrons. The number of nitrogens with one attached hydrogen (secondary N) is 1. The Bertz CT molecular complexity index is 657. The minimum atomic E-state index is -0.0511. The highest BCUT2D eigenvalue weighted by Gasteiger charge is 2.26. The summed E-state index contributed by atoms with van der Waals surface area (Å²) in [6.07, 6.45) is 3.53. The van der Waals surface area contributed by atoms with Gasteiger partial charge in [0, 0.05) is 30.9 Å². The molecule has 0 aromatic heterocycles. The lowest BCUT2D eigenvalue weighted by Crippen LogP contribution is -2.42. The highest BCUT2D eigenvalue weighted by atomic mass is 16.5. The van der Waals surface area contributed by atoms with Gasteiger partial charge in [-0.3, -0.25) is 9.59 Å². The average molecular weight is 358 g/mol. The number of amides is 2. The minimum absolute atomic E-state index is 0.0245. The van der Waals surface area contributed by atoms with Crippen LogP contribution in [-0.2, 0) is 9.53 Å². The fourth-order valence-corrected chi connectivity index (χ4v) is 4.11. The molecule has 2 fully saturated rings. The molecule has 3 rings (SSSR count). The van der Waals surface area contributed by atoms with Crippen molar-refractivity contribution in [1.29, 1.82) is 0 Å². The van der Waals surface area contributed by atoms with Crippen molar-refractivity contribution in [3.63, 3.8) is 0 Å². The highest BCUT2D eigenvalue weighted by molar-refractivity contribution is 5.98. The van der Waals surface area contributed by atoms with Gasteiger partial charge < -0.3 is 15.0 Å². The lowest BCUT2D eigenvalue weighted by atomic mass is 9.91. The highest BCUT2D eigenvalue weighted by Crippen LogP contribution is 2.25. The Labute approximate surface area is 156 Å². The van der Waals surface area contributed by atoms with Gasteiger partial charge in [-0.05, 0) is 55.7 Å². The second kappa shape index (κ2) is 8.21. The first-order chi connectivity index (χ1) is 12.4. The number of carbonyl (C=O) groups is 2. The molecule has 2 aliphatic rings. The minimum Gasteiger partial charge on any atom is -0.378 e. The van der Waals surface area contributed by atoms with Crippen molar-refractivity contribution in [2.24, 2.45) is 11.8 Å². The standard InChI is InChI=1S/C21H30N2O3/c1-14-9-15(2)13-23(12-14)21(25)17-7-6-16(3)19(10-17)22-20(24)11-18-5-4-8-26-18/h6-7,10,14-15,18H,4-5,8-9,11-13H2,1-3H3,(H,22,24)/t14-,15+,18-/m0/s1. The summed E-state index contributed by atoms with van der Waals surface area (Å²) in [5, 5.41) is 2.96. The number of benzene rings is 1. The molecule has 0 bridgehead atoms. The van der Waals surface area contributed by atoms with Crippen LogP contribution in [0.15, 0.2) is 18.2 Å². The van der Waals surface area contributed by atoms with E-state index in [-0.39, 0.29) is 17.9 Å². The summed E-state index contributed by atoms with van der Waals surface area (Å²) in [4.78, 5) is 27.2. The monoisotopic (exact) mass is 358 g/mol. The van der Waals surface area contributed by atoms with Crippen molar-refractivity contribution >= 4 is 17.5 Å². The van der Waals surface area contributed by atoms with Crippen LogP contribution in [0, 0.1) is 18.8 Å². The lowest BCUT2D eigenvalue weighted by Gasteiger charge is -2.35. The number of carbonyl (C=O) groups excluding carboxylic acids is 2. The summed E-state index contributed by atoms with van der Waals surface area (Å²) in [5.41, 5.74) is 2.32. The van der Waals surface area contributed by atoms with Crippen LogP contribution >= 0.6 is 0 Å². The number of hydrogen-bond donors (Lipinski definition) is 1. The number of anilines is 1. The molecule has 5 heteroatoms. The Balaban J connectivity index is 1.68. The van der Waals surface area contributed by atoms with Gasteiger partial charge >= 0.3 is 0 Å². The third-order valence-electron chi connectivity index (χ3n) is 5.35. The van der Waals surface area contributed by atoms with E-state index in [1.807, 2.05) is 30.0 Å². The molecule has 1 aromatic carbocycles. The summed E-state index contributed by atoms with van der Waals surface area (Å²) in [6, 6.07) is 5.58. The Kier molecular flexibility index (Phi) is 5.97. The molecule has 0 radical (unpaired) electrons. The Morgan fingerprint density at radius 1 is 1.23 bits per heavy atom. The predicted molar refractivity (Wildman–Crippen MR) is 102 cm³/mol. The van der Waals surface area contributed by atoms with Gasteiger partial charge in [-0.1, -0.05) is 19.9 Å². The maximum Gasteiger partial charge on any atom is 0.253 e. The largest absolute Gasteiger partial charge is 0.378 e. The van der Waals surface area contributed by atoms with Crippen LogP contribution < -0.4 is 5.32 Å². The maximum absolute atomic E-state index is 12.9. The van der Waals surface area contributed by atoms with Crippen molar-refractivity contribution in [3.05, 3.63) is 29.3 Å². The molecule has 3 atom stereocenters. The SMILES string of the molecule is Cc1ccc(C(=O)N2C[C@H](C)C[C@H](C)C2)cc1NC(=O)C[C@@H]1CCCO1. The Hall–Kier alpha value is -1.88. The third kappa shape index (κ3) is 4.64. The lowest BCUT2D eigenvalue weighted by molar-refractivity contribution is -0.118. The van der Waals surface area contributed by atoms with Crippen LogP contribution in [-0.4, -0.2) is 42.5 Å². The first-order valence-electron chi connectivity index (χ1n) is 9.73. The van der Waals surface area contributed by atoms with E-state index in [0.29, 0.717) is 23.8 Å². The first kappa shape index (κ1) is 18.9. The Morgan fingerprint density at radius 2 is 1.96 bits per heavy atom. The summed E-state index contributed by atoms with van der Waals surface area (Å²) >= 11 is 0. The van der Waals surface area contributed by atoms with Gasteiger partial charge in [0.15, 0.2) is 0 Å². The number of ether oxygens (including phenoxy) is 1. The van der Waals surface area contributed by atoms with Gasteiger partial charge in [-0.2, -0.15) is 0 Å². The summed E-state index contributed by atoms with van der Waals surface area (Å²) in [6.45, 7) is 8.69. The molecular weight excluding hydrogens is 328 g/mol. The summed E-state index contributed by atoms with van der Waals surface area (Å²) in [5.74, 6) is 1.06. The van der Waals surface area contributed by atoms with E-state index in [1.54, 1.807) is 0 Å². The van der Waals surface area contributed by atoms with E-state index in [1.165, 1.54) is 6.42 Å². The maximum atomic E-state index is 12.9. The number of hydrogen-bond acceptors (Lipinski definition) is 3.